The van der Waals surface area contributed by atoms with Crippen LogP contribution in [0, 0.1) is 12.7 Å². The van der Waals surface area contributed by atoms with Gasteiger partial charge in [0.15, 0.2) is 0 Å². The first kappa shape index (κ1) is 13.8. The van der Waals surface area contributed by atoms with Crippen LogP contribution in [0.2, 0.25) is 0 Å². The molecule has 0 spiro atoms. The lowest BCUT2D eigenvalue weighted by molar-refractivity contribution is 0.616. The molecule has 0 atom stereocenters. The van der Waals surface area contributed by atoms with Gasteiger partial charge in [0.2, 0.25) is 0 Å². The Morgan fingerprint density at radius 3 is 2.71 bits per heavy atom. The Morgan fingerprint density at radius 1 is 1.24 bits per heavy atom. The molecule has 0 fully saturated rings. The summed E-state index contributed by atoms with van der Waals surface area (Å²) in [6.45, 7) is 1.67. The van der Waals surface area contributed by atoms with Crippen molar-refractivity contribution in [3.63, 3.8) is 0 Å². The van der Waals surface area contributed by atoms with Crippen LogP contribution in [0.25, 0.3) is 16.6 Å². The van der Waals surface area contributed by atoms with E-state index >= 15 is 0 Å². The van der Waals surface area contributed by atoms with Crippen molar-refractivity contribution in [3.8, 4) is 5.69 Å². The van der Waals surface area contributed by atoms with E-state index in [-0.39, 0.29) is 17.3 Å². The number of halogens is 2. The largest absolute Gasteiger partial charge is 0.268 e. The maximum Gasteiger partial charge on any atom is 0.266 e. The van der Waals surface area contributed by atoms with Gasteiger partial charge in [-0.15, -0.1) is 11.6 Å². The molecule has 0 unspecified atom stereocenters. The molecule has 3 rings (SSSR count). The number of hydrogen-bond acceptors (Lipinski definition) is 2. The van der Waals surface area contributed by atoms with Gasteiger partial charge in [-0.3, -0.25) is 9.36 Å². The molecule has 21 heavy (non-hydrogen) atoms. The van der Waals surface area contributed by atoms with Crippen molar-refractivity contribution in [3.05, 3.63) is 70.0 Å². The minimum absolute atomic E-state index is 0.0650. The highest BCUT2D eigenvalue weighted by atomic mass is 35.5. The monoisotopic (exact) mass is 302 g/mol. The van der Waals surface area contributed by atoms with Crippen molar-refractivity contribution >= 4 is 22.5 Å². The van der Waals surface area contributed by atoms with E-state index in [2.05, 4.69) is 4.98 Å². The van der Waals surface area contributed by atoms with E-state index in [1.807, 2.05) is 6.07 Å². The van der Waals surface area contributed by atoms with Crippen molar-refractivity contribution in [2.45, 2.75) is 12.8 Å². The molecule has 106 valence electrons. The molecule has 1 heterocycles. The van der Waals surface area contributed by atoms with Crippen LogP contribution >= 0.6 is 11.6 Å². The van der Waals surface area contributed by atoms with Crippen LogP contribution in [0.5, 0.6) is 0 Å². The van der Waals surface area contributed by atoms with Crippen LogP contribution in [-0.4, -0.2) is 9.55 Å². The second kappa shape index (κ2) is 5.30. The molecule has 0 aliphatic rings. The maximum atomic E-state index is 13.8. The summed E-state index contributed by atoms with van der Waals surface area (Å²) in [7, 11) is 0. The minimum Gasteiger partial charge on any atom is -0.268 e. The molecule has 0 N–H and O–H groups in total. The quantitative estimate of drug-likeness (QED) is 0.678. The standard InChI is InChI=1S/C16H12ClFN2O/c1-10-6-7-11(8-13(10)18)20-15(9-17)19-14-5-3-2-4-12(14)16(20)21/h2-8H,9H2,1H3. The number of rotatable bonds is 2. The molecular formula is C16H12ClFN2O. The summed E-state index contributed by atoms with van der Waals surface area (Å²) in [5.41, 5.74) is 1.28. The number of aromatic nitrogens is 2. The zero-order valence-corrected chi connectivity index (χ0v) is 12.1. The van der Waals surface area contributed by atoms with E-state index in [9.17, 15) is 9.18 Å². The zero-order chi connectivity index (χ0) is 15.0. The van der Waals surface area contributed by atoms with Gasteiger partial charge >= 0.3 is 0 Å². The van der Waals surface area contributed by atoms with Gasteiger partial charge in [-0.2, -0.15) is 0 Å². The Bertz CT molecular complexity index is 889. The fraction of sp³-hybridized carbons (Fsp3) is 0.125. The number of benzene rings is 2. The van der Waals surface area contributed by atoms with Crippen LogP contribution in [0.15, 0.2) is 47.3 Å². The Hall–Kier alpha value is -2.20. The summed E-state index contributed by atoms with van der Waals surface area (Å²) in [6.07, 6.45) is 0. The highest BCUT2D eigenvalue weighted by Crippen LogP contribution is 2.16. The summed E-state index contributed by atoms with van der Waals surface area (Å²) in [5, 5.41) is 0.479. The van der Waals surface area contributed by atoms with E-state index in [4.69, 9.17) is 11.6 Å². The third-order valence-corrected chi connectivity index (χ3v) is 3.62. The fourth-order valence-corrected chi connectivity index (χ4v) is 2.43. The van der Waals surface area contributed by atoms with Gasteiger partial charge in [0.1, 0.15) is 11.6 Å². The summed E-state index contributed by atoms with van der Waals surface area (Å²) in [5.74, 6) is 0.0898. The number of nitrogens with zero attached hydrogens (tertiary/aromatic N) is 2. The average molecular weight is 303 g/mol. The number of alkyl halides is 1. The molecule has 1 aromatic heterocycles. The molecule has 5 heteroatoms. The van der Waals surface area contributed by atoms with Crippen molar-refractivity contribution in [2.75, 3.05) is 0 Å². The predicted octanol–water partition coefficient (Wildman–Crippen LogP) is 3.57. The lowest BCUT2D eigenvalue weighted by Gasteiger charge is -2.12. The summed E-state index contributed by atoms with van der Waals surface area (Å²) < 4.78 is 15.1. The SMILES string of the molecule is Cc1ccc(-n2c(CCl)nc3ccccc3c2=O)cc1F. The normalized spacial score (nSPS) is 11.0. The first-order valence-electron chi connectivity index (χ1n) is 6.45. The Morgan fingerprint density at radius 2 is 2.00 bits per heavy atom. The lowest BCUT2D eigenvalue weighted by atomic mass is 10.2. The van der Waals surface area contributed by atoms with E-state index in [0.29, 0.717) is 28.0 Å². The fourth-order valence-electron chi connectivity index (χ4n) is 2.26. The molecule has 0 aliphatic heterocycles. The van der Waals surface area contributed by atoms with Gasteiger partial charge < -0.3 is 0 Å². The number of fused-ring (bicyclic) bond motifs is 1. The zero-order valence-electron chi connectivity index (χ0n) is 11.3. The van der Waals surface area contributed by atoms with Crippen molar-refractivity contribution < 1.29 is 4.39 Å². The van der Waals surface area contributed by atoms with Crippen LogP contribution in [0.3, 0.4) is 0 Å². The molecular weight excluding hydrogens is 291 g/mol. The summed E-state index contributed by atoms with van der Waals surface area (Å²) in [4.78, 5) is 17.0. The van der Waals surface area contributed by atoms with Gasteiger partial charge in [-0.1, -0.05) is 18.2 Å². The van der Waals surface area contributed by atoms with Crippen molar-refractivity contribution in [1.82, 2.24) is 9.55 Å². The molecule has 0 radical (unpaired) electrons. The number of aryl methyl sites for hydroxylation is 1. The molecule has 3 aromatic rings. The third-order valence-electron chi connectivity index (χ3n) is 3.38. The third kappa shape index (κ3) is 2.32. The Labute approximate surface area is 125 Å². The Kier molecular flexibility index (Phi) is 3.47. The molecule has 0 aliphatic carbocycles. The molecule has 2 aromatic carbocycles. The summed E-state index contributed by atoms with van der Waals surface area (Å²) >= 11 is 5.91. The highest BCUT2D eigenvalue weighted by Gasteiger charge is 2.12. The molecule has 3 nitrogen and oxygen atoms in total. The van der Waals surface area contributed by atoms with Crippen molar-refractivity contribution in [2.24, 2.45) is 0 Å². The maximum absolute atomic E-state index is 13.8. The minimum atomic E-state index is -0.368. The molecule has 0 saturated heterocycles. The van der Waals surface area contributed by atoms with E-state index in [1.165, 1.54) is 10.6 Å². The average Bonchev–Trinajstić information content (AvgIpc) is 2.50. The van der Waals surface area contributed by atoms with Crippen LogP contribution in [-0.2, 0) is 5.88 Å². The van der Waals surface area contributed by atoms with Gasteiger partial charge in [0.05, 0.1) is 22.5 Å². The lowest BCUT2D eigenvalue weighted by Crippen LogP contribution is -2.23. The smallest absolute Gasteiger partial charge is 0.266 e. The number of para-hydroxylation sites is 1. The second-order valence-corrected chi connectivity index (χ2v) is 5.02. The van der Waals surface area contributed by atoms with Crippen LogP contribution in [0.4, 0.5) is 4.39 Å². The van der Waals surface area contributed by atoms with Crippen LogP contribution < -0.4 is 5.56 Å². The Balaban J connectivity index is 2.37. The first-order valence-corrected chi connectivity index (χ1v) is 6.98. The van der Waals surface area contributed by atoms with Gasteiger partial charge in [-0.05, 0) is 36.8 Å². The van der Waals surface area contributed by atoms with E-state index in [0.717, 1.165) is 0 Å². The van der Waals surface area contributed by atoms with E-state index < -0.39 is 0 Å². The van der Waals surface area contributed by atoms with Crippen LogP contribution in [0.1, 0.15) is 11.4 Å². The predicted molar refractivity (Wildman–Crippen MR) is 81.6 cm³/mol. The van der Waals surface area contributed by atoms with Gasteiger partial charge in [-0.25, -0.2) is 9.37 Å². The van der Waals surface area contributed by atoms with Gasteiger partial charge in [0, 0.05) is 0 Å². The number of hydrogen-bond donors (Lipinski definition) is 0. The molecule has 0 bridgehead atoms. The highest BCUT2D eigenvalue weighted by molar-refractivity contribution is 6.16. The van der Waals surface area contributed by atoms with Crippen molar-refractivity contribution in [1.29, 1.82) is 0 Å². The molecule has 0 amide bonds. The molecule has 0 saturated carbocycles. The van der Waals surface area contributed by atoms with E-state index in [1.54, 1.807) is 37.3 Å². The topological polar surface area (TPSA) is 34.9 Å². The summed E-state index contributed by atoms with van der Waals surface area (Å²) in [6, 6.07) is 11.7. The first-order chi connectivity index (χ1) is 10.1. The second-order valence-electron chi connectivity index (χ2n) is 4.75. The van der Waals surface area contributed by atoms with Gasteiger partial charge in [0.25, 0.3) is 5.56 Å².